The van der Waals surface area contributed by atoms with Gasteiger partial charge >= 0.3 is 0 Å². The Morgan fingerprint density at radius 1 is 1.38 bits per heavy atom. The maximum absolute atomic E-state index is 13.5. The average Bonchev–Trinajstić information content (AvgIpc) is 2.38. The molecule has 1 aromatic carbocycles. The average molecular weight is 319 g/mol. The molecule has 0 saturated carbocycles. The Labute approximate surface area is 122 Å². The Bertz CT molecular complexity index is 572. The van der Waals surface area contributed by atoms with Crippen LogP contribution in [0, 0.1) is 5.82 Å². The molecule has 7 nitrogen and oxygen atoms in total. The molecule has 118 valence electrons. The van der Waals surface area contributed by atoms with E-state index in [9.17, 15) is 17.6 Å². The first kappa shape index (κ1) is 17.3. The third-order valence-corrected chi connectivity index (χ3v) is 4.09. The Kier molecular flexibility index (Phi) is 6.53. The molecule has 0 unspecified atom stereocenters. The predicted octanol–water partition coefficient (Wildman–Crippen LogP) is -0.161. The van der Waals surface area contributed by atoms with Crippen molar-refractivity contribution in [1.29, 1.82) is 0 Å². The van der Waals surface area contributed by atoms with Gasteiger partial charge in [-0.25, -0.2) is 17.5 Å². The van der Waals surface area contributed by atoms with Gasteiger partial charge in [0.1, 0.15) is 10.7 Å². The summed E-state index contributed by atoms with van der Waals surface area (Å²) in [7, 11) is -2.60. The fraction of sp³-hybridized carbons (Fsp3) is 0.417. The van der Waals surface area contributed by atoms with E-state index in [0.717, 1.165) is 6.07 Å². The van der Waals surface area contributed by atoms with E-state index >= 15 is 0 Å². The van der Waals surface area contributed by atoms with E-state index in [0.29, 0.717) is 13.2 Å². The zero-order valence-corrected chi connectivity index (χ0v) is 12.4. The van der Waals surface area contributed by atoms with Crippen LogP contribution in [0.25, 0.3) is 0 Å². The fourth-order valence-corrected chi connectivity index (χ4v) is 2.78. The molecule has 0 radical (unpaired) electrons. The lowest BCUT2D eigenvalue weighted by Crippen LogP contribution is -2.32. The van der Waals surface area contributed by atoms with Crippen LogP contribution < -0.4 is 15.8 Å². The first-order chi connectivity index (χ1) is 9.88. The number of hydrogen-bond donors (Lipinski definition) is 3. The summed E-state index contributed by atoms with van der Waals surface area (Å²) in [5, 5.41) is 2.53. The number of methoxy groups -OCH3 is 1. The zero-order valence-electron chi connectivity index (χ0n) is 11.6. The predicted molar refractivity (Wildman–Crippen MR) is 75.5 cm³/mol. The zero-order chi connectivity index (χ0) is 15.9. The summed E-state index contributed by atoms with van der Waals surface area (Å²) in [4.78, 5) is 10.8. The number of halogens is 1. The quantitative estimate of drug-likeness (QED) is 0.455. The van der Waals surface area contributed by atoms with Crippen molar-refractivity contribution < 1.29 is 22.3 Å². The van der Waals surface area contributed by atoms with Gasteiger partial charge in [0.2, 0.25) is 15.9 Å². The van der Waals surface area contributed by atoms with Gasteiger partial charge in [-0.2, -0.15) is 0 Å². The molecule has 4 N–H and O–H groups in total. The lowest BCUT2D eigenvalue weighted by molar-refractivity contribution is -0.121. The van der Waals surface area contributed by atoms with E-state index in [1.54, 1.807) is 0 Å². The number of sulfonamides is 1. The second kappa shape index (κ2) is 7.91. The van der Waals surface area contributed by atoms with Crippen LogP contribution in [-0.2, 0) is 19.6 Å². The van der Waals surface area contributed by atoms with Crippen molar-refractivity contribution in [2.75, 3.05) is 32.5 Å². The Morgan fingerprint density at radius 3 is 2.71 bits per heavy atom. The summed E-state index contributed by atoms with van der Waals surface area (Å²) < 4.78 is 44.3. The van der Waals surface area contributed by atoms with Crippen molar-refractivity contribution in [3.63, 3.8) is 0 Å². The van der Waals surface area contributed by atoms with E-state index in [2.05, 4.69) is 10.0 Å². The summed E-state index contributed by atoms with van der Waals surface area (Å²) in [6.45, 7) is 0.542. The summed E-state index contributed by atoms with van der Waals surface area (Å²) in [5.41, 5.74) is 5.28. The smallest absolute Gasteiger partial charge is 0.245 e. The number of carbonyl (C=O) groups excluding carboxylic acids is 1. The molecule has 0 aliphatic heterocycles. The van der Waals surface area contributed by atoms with Crippen LogP contribution >= 0.6 is 0 Å². The van der Waals surface area contributed by atoms with Gasteiger partial charge < -0.3 is 15.8 Å². The molecule has 0 atom stereocenters. The van der Waals surface area contributed by atoms with Crippen molar-refractivity contribution in [2.24, 2.45) is 0 Å². The van der Waals surface area contributed by atoms with Gasteiger partial charge in [-0.3, -0.25) is 4.79 Å². The third kappa shape index (κ3) is 5.29. The Morgan fingerprint density at radius 2 is 2.10 bits per heavy atom. The summed E-state index contributed by atoms with van der Waals surface area (Å²) in [6.07, 6.45) is -0.0721. The van der Waals surface area contributed by atoms with Crippen LogP contribution in [0.1, 0.15) is 6.42 Å². The summed E-state index contributed by atoms with van der Waals surface area (Å²) in [5.74, 6) is -1.27. The Hall–Kier alpha value is -1.71. The van der Waals surface area contributed by atoms with Crippen LogP contribution in [0.5, 0.6) is 0 Å². The van der Waals surface area contributed by atoms with Gasteiger partial charge in [-0.1, -0.05) is 6.07 Å². The minimum Gasteiger partial charge on any atom is -0.398 e. The number of rotatable bonds is 8. The number of nitrogens with two attached hydrogens (primary N) is 1. The number of amides is 1. The molecule has 21 heavy (non-hydrogen) atoms. The highest BCUT2D eigenvalue weighted by Gasteiger charge is 2.21. The second-order valence-electron chi connectivity index (χ2n) is 4.15. The number of nitrogens with one attached hydrogen (secondary N) is 2. The maximum Gasteiger partial charge on any atom is 0.245 e. The lowest BCUT2D eigenvalue weighted by Gasteiger charge is -2.10. The van der Waals surface area contributed by atoms with Crippen LogP contribution in [0.15, 0.2) is 23.1 Å². The molecule has 1 rings (SSSR count). The molecule has 0 fully saturated rings. The molecule has 1 amide bonds. The van der Waals surface area contributed by atoms with Crippen molar-refractivity contribution >= 4 is 21.6 Å². The monoisotopic (exact) mass is 319 g/mol. The molecule has 0 bridgehead atoms. The van der Waals surface area contributed by atoms with E-state index in [1.165, 1.54) is 19.2 Å². The van der Waals surface area contributed by atoms with E-state index in [-0.39, 0.29) is 24.6 Å². The number of nitrogen functional groups attached to an aromatic ring is 1. The standard InChI is InChI=1S/C12H18FN3O4S/c1-20-8-7-15-11(17)5-6-16-21(18,19)12-9(13)3-2-4-10(12)14/h2-4,16H,5-8,14H2,1H3,(H,15,17). The molecule has 0 aromatic heterocycles. The Balaban J connectivity index is 2.56. The first-order valence-electron chi connectivity index (χ1n) is 6.17. The fourth-order valence-electron chi connectivity index (χ4n) is 1.56. The van der Waals surface area contributed by atoms with Crippen LogP contribution in [-0.4, -0.2) is 41.1 Å². The van der Waals surface area contributed by atoms with Crippen LogP contribution in [0.4, 0.5) is 10.1 Å². The van der Waals surface area contributed by atoms with Crippen molar-refractivity contribution in [3.05, 3.63) is 24.0 Å². The molecule has 0 saturated heterocycles. The number of hydrogen-bond acceptors (Lipinski definition) is 5. The van der Waals surface area contributed by atoms with Crippen molar-refractivity contribution in [2.45, 2.75) is 11.3 Å². The largest absolute Gasteiger partial charge is 0.398 e. The highest BCUT2D eigenvalue weighted by atomic mass is 32.2. The van der Waals surface area contributed by atoms with E-state index < -0.39 is 20.7 Å². The van der Waals surface area contributed by atoms with Gasteiger partial charge in [0.15, 0.2) is 0 Å². The molecule has 1 aromatic rings. The molecule has 0 spiro atoms. The SMILES string of the molecule is COCCNC(=O)CCNS(=O)(=O)c1c(N)cccc1F. The van der Waals surface area contributed by atoms with Gasteiger partial charge in [0, 0.05) is 26.6 Å². The minimum atomic E-state index is -4.10. The molecule has 0 heterocycles. The van der Waals surface area contributed by atoms with Gasteiger partial charge in [-0.15, -0.1) is 0 Å². The number of benzene rings is 1. The maximum atomic E-state index is 13.5. The normalized spacial score (nSPS) is 11.3. The first-order valence-corrected chi connectivity index (χ1v) is 7.66. The summed E-state index contributed by atoms with van der Waals surface area (Å²) in [6, 6.07) is 3.60. The van der Waals surface area contributed by atoms with Crippen LogP contribution in [0.2, 0.25) is 0 Å². The summed E-state index contributed by atoms with van der Waals surface area (Å²) >= 11 is 0. The highest BCUT2D eigenvalue weighted by molar-refractivity contribution is 7.89. The van der Waals surface area contributed by atoms with E-state index in [1.807, 2.05) is 0 Å². The van der Waals surface area contributed by atoms with Crippen molar-refractivity contribution in [1.82, 2.24) is 10.0 Å². The molecular weight excluding hydrogens is 301 g/mol. The number of anilines is 1. The van der Waals surface area contributed by atoms with Crippen LogP contribution in [0.3, 0.4) is 0 Å². The molecule has 0 aliphatic carbocycles. The minimum absolute atomic E-state index is 0.0721. The number of carbonyl (C=O) groups is 1. The molecule has 0 aliphatic rings. The second-order valence-corrected chi connectivity index (χ2v) is 5.85. The lowest BCUT2D eigenvalue weighted by atomic mass is 10.3. The highest BCUT2D eigenvalue weighted by Crippen LogP contribution is 2.21. The van der Waals surface area contributed by atoms with Gasteiger partial charge in [0.05, 0.1) is 12.3 Å². The van der Waals surface area contributed by atoms with Crippen molar-refractivity contribution in [3.8, 4) is 0 Å². The number of ether oxygens (including phenoxy) is 1. The van der Waals surface area contributed by atoms with E-state index in [4.69, 9.17) is 10.5 Å². The topological polar surface area (TPSA) is 111 Å². The van der Waals surface area contributed by atoms with Gasteiger partial charge in [-0.05, 0) is 12.1 Å². The third-order valence-electron chi connectivity index (χ3n) is 2.54. The molecular formula is C12H18FN3O4S. The van der Waals surface area contributed by atoms with Gasteiger partial charge in [0.25, 0.3) is 0 Å². The molecule has 9 heteroatoms.